The van der Waals surface area contributed by atoms with Gasteiger partial charge < -0.3 is 0 Å². The summed E-state index contributed by atoms with van der Waals surface area (Å²) in [6.45, 7) is 5.91. The largest absolute Gasteiger partial charge is 0.298 e. The van der Waals surface area contributed by atoms with E-state index < -0.39 is 0 Å². The molecule has 2 aromatic rings. The fourth-order valence-electron chi connectivity index (χ4n) is 1.68. The van der Waals surface area contributed by atoms with Crippen molar-refractivity contribution < 1.29 is 4.79 Å². The number of hydrogen-bond donors (Lipinski definition) is 0. The number of aldehydes is 1. The molecule has 82 valence electrons. The van der Waals surface area contributed by atoms with Crippen molar-refractivity contribution in [2.24, 2.45) is 0 Å². The van der Waals surface area contributed by atoms with Crippen LogP contribution in [0.4, 0.5) is 0 Å². The van der Waals surface area contributed by atoms with Gasteiger partial charge in [-0.1, -0.05) is 12.1 Å². The van der Waals surface area contributed by atoms with Gasteiger partial charge in [-0.3, -0.25) is 4.79 Å². The molecule has 0 amide bonds. The number of rotatable bonds is 2. The number of benzene rings is 1. The quantitative estimate of drug-likeness (QED) is 0.720. The van der Waals surface area contributed by atoms with Crippen molar-refractivity contribution >= 4 is 6.29 Å². The lowest BCUT2D eigenvalue weighted by Crippen LogP contribution is -1.98. The van der Waals surface area contributed by atoms with Crippen LogP contribution >= 0.6 is 0 Å². The van der Waals surface area contributed by atoms with Crippen molar-refractivity contribution in [2.75, 3.05) is 0 Å². The summed E-state index contributed by atoms with van der Waals surface area (Å²) in [6, 6.07) is 6.19. The third kappa shape index (κ3) is 1.76. The van der Waals surface area contributed by atoms with Gasteiger partial charge in [0.15, 0.2) is 6.29 Å². The second-order valence-electron chi connectivity index (χ2n) is 4.02. The minimum absolute atomic E-state index is 0.640. The molecule has 3 heteroatoms. The van der Waals surface area contributed by atoms with Crippen LogP contribution in [0.3, 0.4) is 0 Å². The van der Waals surface area contributed by atoms with E-state index in [1.807, 2.05) is 20.8 Å². The lowest BCUT2D eigenvalue weighted by Gasteiger charge is -2.06. The van der Waals surface area contributed by atoms with Crippen molar-refractivity contribution in [1.29, 1.82) is 0 Å². The number of aryl methyl sites for hydroxylation is 3. The maximum absolute atomic E-state index is 10.8. The van der Waals surface area contributed by atoms with Gasteiger partial charge >= 0.3 is 0 Å². The average Bonchev–Trinajstić information content (AvgIpc) is 2.63. The topological polar surface area (TPSA) is 34.9 Å². The maximum Gasteiger partial charge on any atom is 0.153 e. The van der Waals surface area contributed by atoms with Crippen LogP contribution in [-0.4, -0.2) is 16.1 Å². The summed E-state index contributed by atoms with van der Waals surface area (Å²) in [6.07, 6.45) is 2.61. The second kappa shape index (κ2) is 3.93. The van der Waals surface area contributed by atoms with Crippen molar-refractivity contribution in [3.8, 4) is 5.69 Å². The fourth-order valence-corrected chi connectivity index (χ4v) is 1.68. The van der Waals surface area contributed by atoms with Gasteiger partial charge in [-0.25, -0.2) is 4.68 Å². The summed E-state index contributed by atoms with van der Waals surface area (Å²) in [7, 11) is 0. The highest BCUT2D eigenvalue weighted by Crippen LogP contribution is 2.16. The Bertz CT molecular complexity index is 541. The average molecular weight is 214 g/mol. The van der Waals surface area contributed by atoms with Gasteiger partial charge in [0.2, 0.25) is 0 Å². The van der Waals surface area contributed by atoms with Gasteiger partial charge in [0, 0.05) is 6.20 Å². The Balaban J connectivity index is 2.57. The molecule has 0 radical (unpaired) electrons. The molecular formula is C13H14N2O. The van der Waals surface area contributed by atoms with E-state index in [9.17, 15) is 4.79 Å². The van der Waals surface area contributed by atoms with Crippen molar-refractivity contribution in [3.63, 3.8) is 0 Å². The van der Waals surface area contributed by atoms with Crippen LogP contribution in [0.1, 0.15) is 27.2 Å². The van der Waals surface area contributed by atoms with Crippen molar-refractivity contribution in [1.82, 2.24) is 9.78 Å². The Morgan fingerprint density at radius 1 is 1.25 bits per heavy atom. The molecule has 3 nitrogen and oxygen atoms in total. The summed E-state index contributed by atoms with van der Waals surface area (Å²) in [5.41, 5.74) is 4.75. The molecule has 0 atom stereocenters. The highest BCUT2D eigenvalue weighted by atomic mass is 16.1. The number of nitrogens with zero attached hydrogens (tertiary/aromatic N) is 2. The number of carbonyl (C=O) groups excluding carboxylic acids is 1. The molecule has 0 aliphatic carbocycles. The molecule has 16 heavy (non-hydrogen) atoms. The van der Waals surface area contributed by atoms with Gasteiger partial charge in [-0.15, -0.1) is 0 Å². The normalized spacial score (nSPS) is 10.4. The maximum atomic E-state index is 10.8. The molecule has 0 N–H and O–H groups in total. The van der Waals surface area contributed by atoms with E-state index >= 15 is 0 Å². The zero-order valence-corrected chi connectivity index (χ0v) is 9.69. The minimum atomic E-state index is 0.640. The first-order chi connectivity index (χ1) is 7.61. The van der Waals surface area contributed by atoms with E-state index in [2.05, 4.69) is 23.3 Å². The van der Waals surface area contributed by atoms with E-state index in [1.165, 1.54) is 5.56 Å². The summed E-state index contributed by atoms with van der Waals surface area (Å²) in [5, 5.41) is 4.34. The van der Waals surface area contributed by atoms with Crippen LogP contribution in [0.2, 0.25) is 0 Å². The van der Waals surface area contributed by atoms with Gasteiger partial charge in [-0.05, 0) is 38.0 Å². The van der Waals surface area contributed by atoms with Crippen LogP contribution in [0, 0.1) is 20.8 Å². The first-order valence-electron chi connectivity index (χ1n) is 5.21. The van der Waals surface area contributed by atoms with Crippen LogP contribution in [-0.2, 0) is 0 Å². The molecule has 0 spiro atoms. The lowest BCUT2D eigenvalue weighted by molar-refractivity contribution is 0.112. The first-order valence-corrected chi connectivity index (χ1v) is 5.21. The molecule has 0 unspecified atom stereocenters. The Morgan fingerprint density at radius 2 is 2.00 bits per heavy atom. The zero-order chi connectivity index (χ0) is 11.7. The third-order valence-corrected chi connectivity index (χ3v) is 2.68. The van der Waals surface area contributed by atoms with Gasteiger partial charge in [0.25, 0.3) is 0 Å². The zero-order valence-electron chi connectivity index (χ0n) is 9.69. The van der Waals surface area contributed by atoms with Crippen molar-refractivity contribution in [2.45, 2.75) is 20.8 Å². The molecule has 0 saturated heterocycles. The first kappa shape index (κ1) is 10.6. The highest BCUT2D eigenvalue weighted by molar-refractivity contribution is 5.76. The molecule has 1 aromatic heterocycles. The Labute approximate surface area is 94.7 Å². The predicted octanol–water partition coefficient (Wildman–Crippen LogP) is 2.61. The predicted molar refractivity (Wildman–Crippen MR) is 63.2 cm³/mol. The van der Waals surface area contributed by atoms with Crippen LogP contribution < -0.4 is 0 Å². The number of aromatic nitrogens is 2. The molecule has 0 fully saturated rings. The Kier molecular flexibility index (Phi) is 2.60. The molecule has 2 rings (SSSR count). The highest BCUT2D eigenvalue weighted by Gasteiger charge is 2.07. The number of carbonyl (C=O) groups is 1. The SMILES string of the molecule is Cc1ccc(C)c(-n2cc(C=O)c(C)n2)c1. The fraction of sp³-hybridized carbons (Fsp3) is 0.231. The lowest BCUT2D eigenvalue weighted by atomic mass is 10.1. The minimum Gasteiger partial charge on any atom is -0.298 e. The monoisotopic (exact) mass is 214 g/mol. The smallest absolute Gasteiger partial charge is 0.153 e. The van der Waals surface area contributed by atoms with Gasteiger partial charge in [0.1, 0.15) is 0 Å². The summed E-state index contributed by atoms with van der Waals surface area (Å²) < 4.78 is 1.77. The molecule has 0 aliphatic rings. The molecule has 1 heterocycles. The molecule has 0 aliphatic heterocycles. The van der Waals surface area contributed by atoms with E-state index in [-0.39, 0.29) is 0 Å². The summed E-state index contributed by atoms with van der Waals surface area (Å²) in [5.74, 6) is 0. The van der Waals surface area contributed by atoms with Crippen LogP contribution in [0.5, 0.6) is 0 Å². The van der Waals surface area contributed by atoms with Crippen molar-refractivity contribution in [3.05, 3.63) is 46.8 Å². The second-order valence-corrected chi connectivity index (χ2v) is 4.02. The summed E-state index contributed by atoms with van der Waals surface area (Å²) >= 11 is 0. The standard InChI is InChI=1S/C13H14N2O/c1-9-4-5-10(2)13(6-9)15-7-12(8-16)11(3)14-15/h4-8H,1-3H3. The van der Waals surface area contributed by atoms with Crippen LogP contribution in [0.15, 0.2) is 24.4 Å². The third-order valence-electron chi connectivity index (χ3n) is 2.68. The van der Waals surface area contributed by atoms with E-state index in [0.717, 1.165) is 23.2 Å². The Morgan fingerprint density at radius 3 is 2.62 bits per heavy atom. The molecule has 0 bridgehead atoms. The Hall–Kier alpha value is -1.90. The summed E-state index contributed by atoms with van der Waals surface area (Å²) in [4.78, 5) is 10.8. The van der Waals surface area contributed by atoms with Gasteiger partial charge in [-0.2, -0.15) is 5.10 Å². The van der Waals surface area contributed by atoms with E-state index in [1.54, 1.807) is 10.9 Å². The number of hydrogen-bond acceptors (Lipinski definition) is 2. The van der Waals surface area contributed by atoms with Gasteiger partial charge in [0.05, 0.1) is 16.9 Å². The van der Waals surface area contributed by atoms with E-state index in [0.29, 0.717) is 5.56 Å². The molecule has 0 saturated carbocycles. The van der Waals surface area contributed by atoms with E-state index in [4.69, 9.17) is 0 Å². The van der Waals surface area contributed by atoms with Crippen LogP contribution in [0.25, 0.3) is 5.69 Å². The molecular weight excluding hydrogens is 200 g/mol. The molecule has 1 aromatic carbocycles.